The van der Waals surface area contributed by atoms with E-state index < -0.39 is 0 Å². The van der Waals surface area contributed by atoms with E-state index in [1.54, 1.807) is 0 Å². The zero-order chi connectivity index (χ0) is 10.7. The molecule has 0 N–H and O–H groups in total. The van der Waals surface area contributed by atoms with E-state index in [4.69, 9.17) is 0 Å². The van der Waals surface area contributed by atoms with E-state index in [9.17, 15) is 0 Å². The van der Waals surface area contributed by atoms with E-state index in [0.717, 1.165) is 6.42 Å². The molecule has 0 aliphatic heterocycles. The lowest BCUT2D eigenvalue weighted by Crippen LogP contribution is -1.91. The highest BCUT2D eigenvalue weighted by molar-refractivity contribution is 9.10. The molecule has 0 saturated carbocycles. The number of benzene rings is 1. The number of aryl methyl sites for hydroxylation is 1. The van der Waals surface area contributed by atoms with Crippen molar-refractivity contribution in [3.63, 3.8) is 0 Å². The summed E-state index contributed by atoms with van der Waals surface area (Å²) in [5, 5.41) is 0. The second kappa shape index (κ2) is 4.98. The van der Waals surface area contributed by atoms with Crippen molar-refractivity contribution in [2.75, 3.05) is 0 Å². The molecule has 15 heavy (non-hydrogen) atoms. The van der Waals surface area contributed by atoms with E-state index in [0.29, 0.717) is 0 Å². The van der Waals surface area contributed by atoms with Crippen molar-refractivity contribution in [2.45, 2.75) is 39.0 Å². The number of rotatable bonds is 4. The highest BCUT2D eigenvalue weighted by Crippen LogP contribution is 2.28. The quantitative estimate of drug-likeness (QED) is 0.689. The van der Waals surface area contributed by atoms with Crippen LogP contribution in [0.4, 0.5) is 0 Å². The van der Waals surface area contributed by atoms with Crippen LogP contribution in [-0.2, 0) is 12.8 Å². The van der Waals surface area contributed by atoms with Gasteiger partial charge in [-0.25, -0.2) is 0 Å². The fourth-order valence-corrected chi connectivity index (χ4v) is 2.67. The molecule has 0 saturated heterocycles. The van der Waals surface area contributed by atoms with Crippen LogP contribution < -0.4 is 0 Å². The van der Waals surface area contributed by atoms with Crippen molar-refractivity contribution >= 4 is 22.0 Å². The van der Waals surface area contributed by atoms with Gasteiger partial charge in [-0.15, -0.1) is 0 Å². The molecule has 2 rings (SSSR count). The average molecular weight is 265 g/mol. The molecule has 1 aromatic rings. The van der Waals surface area contributed by atoms with Crippen molar-refractivity contribution < 1.29 is 0 Å². The van der Waals surface area contributed by atoms with Crippen LogP contribution in [0.5, 0.6) is 0 Å². The summed E-state index contributed by atoms with van der Waals surface area (Å²) >= 11 is 3.67. The fraction of sp³-hybridized carbons (Fsp3) is 0.429. The number of hydrogen-bond donors (Lipinski definition) is 0. The van der Waals surface area contributed by atoms with Crippen LogP contribution in [0.25, 0.3) is 6.08 Å². The molecule has 0 bridgehead atoms. The van der Waals surface area contributed by atoms with Crippen molar-refractivity contribution in [1.82, 2.24) is 0 Å². The third-order valence-corrected chi connectivity index (χ3v) is 3.73. The lowest BCUT2D eigenvalue weighted by Gasteiger charge is -2.07. The molecular weight excluding hydrogens is 248 g/mol. The molecule has 1 aliphatic rings. The van der Waals surface area contributed by atoms with Crippen LogP contribution in [-0.4, -0.2) is 0 Å². The normalized spacial score (nSPS) is 13.2. The zero-order valence-corrected chi connectivity index (χ0v) is 10.8. The van der Waals surface area contributed by atoms with Crippen molar-refractivity contribution in [3.05, 3.63) is 39.4 Å². The molecule has 0 radical (unpaired) electrons. The van der Waals surface area contributed by atoms with Crippen molar-refractivity contribution in [1.29, 1.82) is 0 Å². The van der Waals surface area contributed by atoms with E-state index >= 15 is 0 Å². The molecule has 1 heteroatoms. The SMILES string of the molecule is CCCCCc1cc2c(cc1Br)CC=C2. The minimum absolute atomic E-state index is 1.10. The molecule has 0 spiro atoms. The summed E-state index contributed by atoms with van der Waals surface area (Å²) in [6, 6.07) is 4.63. The molecule has 0 atom stereocenters. The van der Waals surface area contributed by atoms with Gasteiger partial charge < -0.3 is 0 Å². The number of allylic oxidation sites excluding steroid dienone is 1. The van der Waals surface area contributed by atoms with Gasteiger partial charge in [-0.2, -0.15) is 0 Å². The Bertz CT molecular complexity index is 377. The fourth-order valence-electron chi connectivity index (χ4n) is 2.08. The van der Waals surface area contributed by atoms with Crippen LogP contribution in [0.2, 0.25) is 0 Å². The van der Waals surface area contributed by atoms with E-state index in [1.165, 1.54) is 46.8 Å². The molecule has 1 aliphatic carbocycles. The molecule has 0 heterocycles. The summed E-state index contributed by atoms with van der Waals surface area (Å²) in [7, 11) is 0. The van der Waals surface area contributed by atoms with Gasteiger partial charge in [0.15, 0.2) is 0 Å². The van der Waals surface area contributed by atoms with Crippen LogP contribution in [0.1, 0.15) is 42.9 Å². The molecule has 80 valence electrons. The smallest absolute Gasteiger partial charge is 0.0210 e. The first-order chi connectivity index (χ1) is 7.31. The summed E-state index contributed by atoms with van der Waals surface area (Å²) in [5.74, 6) is 0. The number of halogens is 1. The highest BCUT2D eigenvalue weighted by Gasteiger charge is 2.09. The molecule has 1 aromatic carbocycles. The summed E-state index contributed by atoms with van der Waals surface area (Å²) in [4.78, 5) is 0. The minimum Gasteiger partial charge on any atom is -0.0795 e. The van der Waals surface area contributed by atoms with Crippen LogP contribution in [0.15, 0.2) is 22.7 Å². The van der Waals surface area contributed by atoms with Gasteiger partial charge >= 0.3 is 0 Å². The third kappa shape index (κ3) is 2.52. The first kappa shape index (κ1) is 10.9. The topological polar surface area (TPSA) is 0 Å². The van der Waals surface area contributed by atoms with Gasteiger partial charge in [-0.05, 0) is 42.0 Å². The Morgan fingerprint density at radius 3 is 2.93 bits per heavy atom. The van der Waals surface area contributed by atoms with Gasteiger partial charge in [0.1, 0.15) is 0 Å². The predicted molar refractivity (Wildman–Crippen MR) is 70.1 cm³/mol. The van der Waals surface area contributed by atoms with Gasteiger partial charge in [-0.3, -0.25) is 0 Å². The summed E-state index contributed by atoms with van der Waals surface area (Å²) < 4.78 is 1.29. The molecule has 0 aromatic heterocycles. The second-order valence-corrected chi connectivity index (χ2v) is 5.06. The predicted octanol–water partition coefficient (Wildman–Crippen LogP) is 4.75. The summed E-state index contributed by atoms with van der Waals surface area (Å²) in [6.45, 7) is 2.25. The average Bonchev–Trinajstić information content (AvgIpc) is 2.65. The van der Waals surface area contributed by atoms with Crippen LogP contribution in [0.3, 0.4) is 0 Å². The maximum atomic E-state index is 3.67. The summed E-state index contributed by atoms with van der Waals surface area (Å²) in [5.41, 5.74) is 4.35. The lowest BCUT2D eigenvalue weighted by molar-refractivity contribution is 0.716. The van der Waals surface area contributed by atoms with E-state index in [-0.39, 0.29) is 0 Å². The largest absolute Gasteiger partial charge is 0.0795 e. The third-order valence-electron chi connectivity index (χ3n) is 2.99. The summed E-state index contributed by atoms with van der Waals surface area (Å²) in [6.07, 6.45) is 10.7. The number of hydrogen-bond acceptors (Lipinski definition) is 0. The van der Waals surface area contributed by atoms with Crippen LogP contribution >= 0.6 is 15.9 Å². The van der Waals surface area contributed by atoms with Gasteiger partial charge in [0.2, 0.25) is 0 Å². The van der Waals surface area contributed by atoms with Gasteiger partial charge in [0.25, 0.3) is 0 Å². The Morgan fingerprint density at radius 1 is 1.27 bits per heavy atom. The standard InChI is InChI=1S/C14H17Br/c1-2-3-4-6-13-9-11-7-5-8-12(11)10-14(13)15/h5,7,9-10H,2-4,6,8H2,1H3. The molecule has 0 unspecified atom stereocenters. The molecule has 0 fully saturated rings. The highest BCUT2D eigenvalue weighted by atomic mass is 79.9. The van der Waals surface area contributed by atoms with Gasteiger partial charge in [0.05, 0.1) is 0 Å². The van der Waals surface area contributed by atoms with Crippen molar-refractivity contribution in [3.8, 4) is 0 Å². The second-order valence-electron chi connectivity index (χ2n) is 4.21. The van der Waals surface area contributed by atoms with Crippen molar-refractivity contribution in [2.24, 2.45) is 0 Å². The van der Waals surface area contributed by atoms with E-state index in [2.05, 4.69) is 47.1 Å². The lowest BCUT2D eigenvalue weighted by atomic mass is 10.0. The maximum absolute atomic E-state index is 3.67. The van der Waals surface area contributed by atoms with E-state index in [1.807, 2.05) is 0 Å². The zero-order valence-electron chi connectivity index (χ0n) is 9.22. The Balaban J connectivity index is 2.13. The monoisotopic (exact) mass is 264 g/mol. The number of unbranched alkanes of at least 4 members (excludes halogenated alkanes) is 2. The Morgan fingerprint density at radius 2 is 2.13 bits per heavy atom. The Hall–Kier alpha value is -0.560. The Kier molecular flexibility index (Phi) is 3.63. The van der Waals surface area contributed by atoms with Gasteiger partial charge in [0, 0.05) is 4.47 Å². The molecule has 0 nitrogen and oxygen atoms in total. The number of fused-ring (bicyclic) bond motifs is 1. The van der Waals surface area contributed by atoms with Crippen LogP contribution in [0, 0.1) is 0 Å². The molecular formula is C14H17Br. The first-order valence-corrected chi connectivity index (χ1v) is 6.58. The minimum atomic E-state index is 1.10. The van der Waals surface area contributed by atoms with Gasteiger partial charge in [-0.1, -0.05) is 53.9 Å². The maximum Gasteiger partial charge on any atom is 0.0210 e. The first-order valence-electron chi connectivity index (χ1n) is 5.79. The Labute approximate surface area is 101 Å². The molecule has 0 amide bonds.